The number of fused-ring (bicyclic) bond motifs is 1. The Balaban J connectivity index is 1.88. The van der Waals surface area contributed by atoms with Gasteiger partial charge in [-0.1, -0.05) is 48.5 Å². The predicted molar refractivity (Wildman–Crippen MR) is 90.8 cm³/mol. The average Bonchev–Trinajstić information content (AvgIpc) is 2.59. The molecule has 0 aliphatic carbocycles. The summed E-state index contributed by atoms with van der Waals surface area (Å²) >= 11 is 0. The second-order valence-corrected chi connectivity index (χ2v) is 5.30. The molecule has 2 aromatic carbocycles. The van der Waals surface area contributed by atoms with E-state index in [1.165, 1.54) is 24.3 Å². The number of amides is 1. The van der Waals surface area contributed by atoms with Crippen LogP contribution in [0.3, 0.4) is 0 Å². The lowest BCUT2D eigenvalue weighted by molar-refractivity contribution is -0.112. The Labute approximate surface area is 141 Å². The molecule has 126 valence electrons. The van der Waals surface area contributed by atoms with E-state index in [4.69, 9.17) is 0 Å². The molecule has 0 fully saturated rings. The van der Waals surface area contributed by atoms with Crippen molar-refractivity contribution in [2.75, 3.05) is 5.32 Å². The third-order valence-electron chi connectivity index (χ3n) is 3.52. The van der Waals surface area contributed by atoms with E-state index in [0.29, 0.717) is 11.6 Å². The molecule has 1 aromatic heterocycles. The number of hydrogen-bond acceptors (Lipinski definition) is 2. The molecule has 0 radical (unpaired) electrons. The fourth-order valence-corrected chi connectivity index (χ4v) is 2.38. The number of carbonyl (C=O) groups is 1. The minimum absolute atomic E-state index is 0.0726. The van der Waals surface area contributed by atoms with Crippen LogP contribution in [0.5, 0.6) is 0 Å². The summed E-state index contributed by atoms with van der Waals surface area (Å²) in [5, 5.41) is 3.25. The number of anilines is 1. The molecule has 3 nitrogen and oxygen atoms in total. The van der Waals surface area contributed by atoms with Crippen molar-refractivity contribution >= 4 is 28.2 Å². The summed E-state index contributed by atoms with van der Waals surface area (Å²) in [6.45, 7) is 0. The van der Waals surface area contributed by atoms with Crippen molar-refractivity contribution in [1.29, 1.82) is 0 Å². The van der Waals surface area contributed by atoms with Gasteiger partial charge in [0.1, 0.15) is 5.82 Å². The van der Waals surface area contributed by atoms with Gasteiger partial charge in [0.25, 0.3) is 0 Å². The molecule has 0 aliphatic rings. The van der Waals surface area contributed by atoms with Crippen molar-refractivity contribution in [3.63, 3.8) is 0 Å². The molecule has 0 unspecified atom stereocenters. The van der Waals surface area contributed by atoms with Crippen LogP contribution in [-0.4, -0.2) is 17.1 Å². The van der Waals surface area contributed by atoms with Gasteiger partial charge < -0.3 is 5.32 Å². The molecule has 0 saturated heterocycles. The zero-order chi connectivity index (χ0) is 17.9. The van der Waals surface area contributed by atoms with Crippen LogP contribution in [0.4, 0.5) is 19.0 Å². The normalized spacial score (nSPS) is 12.2. The molecule has 0 aliphatic heterocycles. The molecular formula is C19H13F3N2O. The van der Waals surface area contributed by atoms with E-state index in [9.17, 15) is 18.0 Å². The molecule has 1 amide bonds. The number of hydrogen-bond donors (Lipinski definition) is 1. The topological polar surface area (TPSA) is 42.0 Å². The fourth-order valence-electron chi connectivity index (χ4n) is 2.38. The summed E-state index contributed by atoms with van der Waals surface area (Å²) in [7, 11) is 0. The van der Waals surface area contributed by atoms with Crippen molar-refractivity contribution in [3.8, 4) is 0 Å². The standard InChI is InChI=1S/C19H13F3N2O/c20-19(21,22)15(13-6-2-1-3-7-13)12-18(25)24-17-11-10-14-8-4-5-9-16(14)23-17/h1-12H,(H,23,24,25)/b15-12+. The Morgan fingerprint density at radius 3 is 2.32 bits per heavy atom. The highest BCUT2D eigenvalue weighted by molar-refractivity contribution is 6.04. The molecule has 0 spiro atoms. The maximum atomic E-state index is 13.2. The molecule has 25 heavy (non-hydrogen) atoms. The summed E-state index contributed by atoms with van der Waals surface area (Å²) in [5.74, 6) is -0.700. The molecule has 0 saturated carbocycles. The van der Waals surface area contributed by atoms with Gasteiger partial charge in [0, 0.05) is 11.5 Å². The van der Waals surface area contributed by atoms with Gasteiger partial charge in [-0.05, 0) is 23.8 Å². The van der Waals surface area contributed by atoms with E-state index in [2.05, 4.69) is 10.3 Å². The van der Waals surface area contributed by atoms with Gasteiger partial charge in [0.2, 0.25) is 5.91 Å². The van der Waals surface area contributed by atoms with Crippen LogP contribution in [0.15, 0.2) is 72.8 Å². The van der Waals surface area contributed by atoms with Gasteiger partial charge in [-0.25, -0.2) is 4.98 Å². The van der Waals surface area contributed by atoms with Crippen LogP contribution in [0.1, 0.15) is 5.56 Å². The lowest BCUT2D eigenvalue weighted by Crippen LogP contribution is -2.16. The number of halogens is 3. The van der Waals surface area contributed by atoms with Crippen LogP contribution >= 0.6 is 0 Å². The molecule has 1 heterocycles. The quantitative estimate of drug-likeness (QED) is 0.694. The molecule has 0 bridgehead atoms. The predicted octanol–water partition coefficient (Wildman–Crippen LogP) is 4.82. The van der Waals surface area contributed by atoms with Gasteiger partial charge in [0.15, 0.2) is 0 Å². The maximum Gasteiger partial charge on any atom is 0.417 e. The van der Waals surface area contributed by atoms with Crippen molar-refractivity contribution in [2.24, 2.45) is 0 Å². The molecule has 0 atom stereocenters. The first-order valence-corrected chi connectivity index (χ1v) is 7.44. The van der Waals surface area contributed by atoms with Gasteiger partial charge >= 0.3 is 6.18 Å². The minimum atomic E-state index is -4.64. The number of alkyl halides is 3. The highest BCUT2D eigenvalue weighted by atomic mass is 19.4. The lowest BCUT2D eigenvalue weighted by Gasteiger charge is -2.12. The number of allylic oxidation sites excluding steroid dienone is 1. The minimum Gasteiger partial charge on any atom is -0.307 e. The van der Waals surface area contributed by atoms with E-state index in [0.717, 1.165) is 5.39 Å². The second kappa shape index (κ2) is 6.76. The van der Waals surface area contributed by atoms with Gasteiger partial charge in [-0.3, -0.25) is 4.79 Å². The Kier molecular flexibility index (Phi) is 4.52. The van der Waals surface area contributed by atoms with Crippen molar-refractivity contribution < 1.29 is 18.0 Å². The molecule has 6 heteroatoms. The zero-order valence-electron chi connectivity index (χ0n) is 12.9. The summed E-state index contributed by atoms with van der Waals surface area (Å²) in [4.78, 5) is 16.3. The zero-order valence-corrected chi connectivity index (χ0v) is 12.9. The number of carbonyl (C=O) groups excluding carboxylic acids is 1. The largest absolute Gasteiger partial charge is 0.417 e. The number of rotatable bonds is 3. The van der Waals surface area contributed by atoms with Crippen molar-refractivity contribution in [3.05, 3.63) is 78.4 Å². The van der Waals surface area contributed by atoms with Crippen LogP contribution in [-0.2, 0) is 4.79 Å². The number of aromatic nitrogens is 1. The van der Waals surface area contributed by atoms with Crippen LogP contribution < -0.4 is 5.32 Å². The highest BCUT2D eigenvalue weighted by Gasteiger charge is 2.35. The number of nitrogens with one attached hydrogen (secondary N) is 1. The third-order valence-corrected chi connectivity index (χ3v) is 3.52. The van der Waals surface area contributed by atoms with Crippen molar-refractivity contribution in [1.82, 2.24) is 4.98 Å². The number of para-hydroxylation sites is 1. The van der Waals surface area contributed by atoms with Crippen molar-refractivity contribution in [2.45, 2.75) is 6.18 Å². The summed E-state index contributed by atoms with van der Waals surface area (Å²) in [6, 6.07) is 17.7. The highest BCUT2D eigenvalue weighted by Crippen LogP contribution is 2.33. The Morgan fingerprint density at radius 1 is 0.920 bits per heavy atom. The van der Waals surface area contributed by atoms with E-state index in [1.54, 1.807) is 30.3 Å². The van der Waals surface area contributed by atoms with E-state index in [1.807, 2.05) is 12.1 Å². The number of benzene rings is 2. The van der Waals surface area contributed by atoms with E-state index < -0.39 is 17.7 Å². The smallest absolute Gasteiger partial charge is 0.307 e. The second-order valence-electron chi connectivity index (χ2n) is 5.30. The number of nitrogens with zero attached hydrogens (tertiary/aromatic N) is 1. The molecular weight excluding hydrogens is 329 g/mol. The average molecular weight is 342 g/mol. The monoisotopic (exact) mass is 342 g/mol. The Hall–Kier alpha value is -3.15. The van der Waals surface area contributed by atoms with Crippen LogP contribution in [0.2, 0.25) is 0 Å². The SMILES string of the molecule is O=C(/C=C(\c1ccccc1)C(F)(F)F)Nc1ccc2ccccc2n1. The Morgan fingerprint density at radius 2 is 1.60 bits per heavy atom. The van der Waals surface area contributed by atoms with Gasteiger partial charge in [0.05, 0.1) is 11.1 Å². The van der Waals surface area contributed by atoms with E-state index in [-0.39, 0.29) is 11.4 Å². The summed E-state index contributed by atoms with van der Waals surface area (Å²) in [5.41, 5.74) is -0.439. The first-order valence-electron chi connectivity index (χ1n) is 7.44. The summed E-state index contributed by atoms with van der Waals surface area (Å²) in [6.07, 6.45) is -4.10. The van der Waals surface area contributed by atoms with Crippen LogP contribution in [0.25, 0.3) is 16.5 Å². The van der Waals surface area contributed by atoms with Gasteiger partial charge in [-0.15, -0.1) is 0 Å². The maximum absolute atomic E-state index is 13.2. The Bertz CT molecular complexity index is 934. The fraction of sp³-hybridized carbons (Fsp3) is 0.0526. The lowest BCUT2D eigenvalue weighted by atomic mass is 10.1. The van der Waals surface area contributed by atoms with Gasteiger partial charge in [-0.2, -0.15) is 13.2 Å². The van der Waals surface area contributed by atoms with Crippen LogP contribution in [0, 0.1) is 0 Å². The summed E-state index contributed by atoms with van der Waals surface area (Å²) < 4.78 is 39.7. The third kappa shape index (κ3) is 4.03. The van der Waals surface area contributed by atoms with E-state index >= 15 is 0 Å². The first-order chi connectivity index (χ1) is 11.9. The first kappa shape index (κ1) is 16.7. The number of pyridine rings is 1. The molecule has 3 aromatic rings. The molecule has 3 rings (SSSR count). The molecule has 1 N–H and O–H groups in total.